The minimum atomic E-state index is -0.478. The average molecular weight is 799 g/mol. The van der Waals surface area contributed by atoms with Gasteiger partial charge in [0.25, 0.3) is 5.91 Å². The molecule has 0 aliphatic carbocycles. The largest absolute Gasteiger partial charge is 0.469 e. The number of nitrogens with one attached hydrogen (secondary N) is 4. The zero-order valence-electron chi connectivity index (χ0n) is 37.0. The van der Waals surface area contributed by atoms with Crippen molar-refractivity contribution >= 4 is 45.6 Å². The quantitative estimate of drug-likeness (QED) is 0.0876. The van der Waals surface area contributed by atoms with Crippen LogP contribution in [0.15, 0.2) is 18.2 Å². The van der Waals surface area contributed by atoms with E-state index < -0.39 is 5.97 Å². The summed E-state index contributed by atoms with van der Waals surface area (Å²) in [6, 6.07) is 6.01. The Hall–Kier alpha value is -4.88. The summed E-state index contributed by atoms with van der Waals surface area (Å²) in [6.45, 7) is 14.3. The lowest BCUT2D eigenvalue weighted by Crippen LogP contribution is -2.42. The molecule has 3 aromatic rings. The number of hydrogen-bond donors (Lipinski definition) is 4. The van der Waals surface area contributed by atoms with Crippen molar-refractivity contribution in [3.8, 4) is 0 Å². The smallest absolute Gasteiger partial charge is 0.310 e. The Labute approximate surface area is 343 Å². The number of likely N-dealkylation sites (N-methyl/N-ethyl adjacent to an activating group) is 2. The molecule has 0 radical (unpaired) electrons. The summed E-state index contributed by atoms with van der Waals surface area (Å²) in [5, 5.41) is 6.23. The number of carbonyl (C=O) groups excluding carboxylic acids is 4. The predicted molar refractivity (Wildman–Crippen MR) is 229 cm³/mol. The van der Waals surface area contributed by atoms with Crippen molar-refractivity contribution in [3.05, 3.63) is 68.8 Å². The van der Waals surface area contributed by atoms with Gasteiger partial charge in [-0.15, -0.1) is 0 Å². The number of ketones is 1. The number of H-pyrrole nitrogens is 2. The number of hydrogen-bond acceptors (Lipinski definition) is 7. The summed E-state index contributed by atoms with van der Waals surface area (Å²) in [4.78, 5) is 72.0. The van der Waals surface area contributed by atoms with Crippen LogP contribution in [0.1, 0.15) is 131 Å². The number of nitrogens with zero attached hydrogens (tertiary/aromatic N) is 4. The van der Waals surface area contributed by atoms with Crippen LogP contribution in [0.2, 0.25) is 0 Å². The lowest BCUT2D eigenvalue weighted by molar-refractivity contribution is -0.869. The summed E-state index contributed by atoms with van der Waals surface area (Å²) in [7, 11) is 13.8. The van der Waals surface area contributed by atoms with E-state index >= 15 is 0 Å². The molecular formula is C45H66N8O5+2. The summed E-state index contributed by atoms with van der Waals surface area (Å²) in [5.41, 5.74) is 8.90. The third kappa shape index (κ3) is 9.86. The SMILES string of the molecule is CC[C@H]1c2cc3[nH]c(c(CC(=O)OC)c4nc(cc5[nH]c(cc(n2)[C@@H]1C)c(C(C)=O)c5C)[C@@H](C)[C@@H]4CCC(=O)NCC[N+](C)(C)C)c(C(=O)NCC[N+](C)(C)C)c3C. The number of methoxy groups -OCH3 is 1. The van der Waals surface area contributed by atoms with Crippen LogP contribution in [0, 0.1) is 13.8 Å². The summed E-state index contributed by atoms with van der Waals surface area (Å²) in [6.07, 6.45) is 1.38. The third-order valence-electron chi connectivity index (χ3n) is 11.9. The first-order valence-electron chi connectivity index (χ1n) is 20.6. The number of quaternary nitrogens is 2. The van der Waals surface area contributed by atoms with Crippen LogP contribution in [0.25, 0.3) is 22.1 Å². The molecule has 5 rings (SSSR count). The molecule has 0 saturated heterocycles. The summed E-state index contributed by atoms with van der Waals surface area (Å²) >= 11 is 0. The van der Waals surface area contributed by atoms with E-state index in [1.807, 2.05) is 32.0 Å². The summed E-state index contributed by atoms with van der Waals surface area (Å²) in [5.74, 6) is -1.16. The van der Waals surface area contributed by atoms with Crippen LogP contribution in [0.5, 0.6) is 0 Å². The van der Waals surface area contributed by atoms with Gasteiger partial charge in [-0.1, -0.05) is 20.8 Å². The number of fused-ring (bicyclic) bond motifs is 8. The van der Waals surface area contributed by atoms with E-state index in [0.717, 1.165) is 51.2 Å². The molecule has 8 bridgehead atoms. The fraction of sp³-hybridized carbons (Fsp3) is 0.556. The van der Waals surface area contributed by atoms with Gasteiger partial charge < -0.3 is 34.3 Å². The second-order valence-corrected chi connectivity index (χ2v) is 18.3. The van der Waals surface area contributed by atoms with Gasteiger partial charge in [0, 0.05) is 69.3 Å². The number of aromatic nitrogens is 4. The fourth-order valence-corrected chi connectivity index (χ4v) is 8.35. The number of aromatic amines is 2. The Bertz CT molecular complexity index is 2240. The Morgan fingerprint density at radius 1 is 0.759 bits per heavy atom. The van der Waals surface area contributed by atoms with Crippen LogP contribution in [0.4, 0.5) is 0 Å². The zero-order chi connectivity index (χ0) is 42.9. The Kier molecular flexibility index (Phi) is 13.4. The van der Waals surface area contributed by atoms with Gasteiger partial charge in [-0.25, -0.2) is 0 Å². The third-order valence-corrected chi connectivity index (χ3v) is 11.9. The molecule has 13 heteroatoms. The monoisotopic (exact) mass is 799 g/mol. The van der Waals surface area contributed by atoms with Crippen LogP contribution < -0.4 is 10.6 Å². The maximum atomic E-state index is 14.4. The average Bonchev–Trinajstić information content (AvgIpc) is 3.81. The summed E-state index contributed by atoms with van der Waals surface area (Å²) < 4.78 is 6.68. The van der Waals surface area contributed by atoms with E-state index in [1.54, 1.807) is 6.92 Å². The molecule has 0 saturated carbocycles. The van der Waals surface area contributed by atoms with Crippen LogP contribution in [-0.2, 0) is 20.7 Å². The van der Waals surface area contributed by atoms with E-state index in [1.165, 1.54) is 7.11 Å². The van der Waals surface area contributed by atoms with Crippen LogP contribution >= 0.6 is 0 Å². The van der Waals surface area contributed by atoms with Gasteiger partial charge in [-0.2, -0.15) is 0 Å². The maximum Gasteiger partial charge on any atom is 0.310 e. The molecule has 0 aromatic carbocycles. The van der Waals surface area contributed by atoms with Crippen molar-refractivity contribution < 1.29 is 32.9 Å². The van der Waals surface area contributed by atoms with Gasteiger partial charge in [0.05, 0.1) is 104 Å². The van der Waals surface area contributed by atoms with Crippen molar-refractivity contribution in [2.24, 2.45) is 0 Å². The molecule has 5 heterocycles. The normalized spacial score (nSPS) is 18.2. The molecule has 2 aliphatic heterocycles. The second-order valence-electron chi connectivity index (χ2n) is 18.3. The number of carbonyl (C=O) groups is 4. The van der Waals surface area contributed by atoms with Gasteiger partial charge in [0.1, 0.15) is 0 Å². The standard InChI is InChI=1S/C45H64N8O5/c1-14-30-25(2)33-24-38-41(29(6)54)27(4)35(49-38)22-34-26(3)31(15-16-39(55)46-17-19-52(7,8)9)43(50-34)32(21-40(56)58-13)44-42(45(57)47-18-20-53(10,11)12)28(5)36(51-44)23-37(30)48-33/h22-26,30-31H,14-21H2,1-13H3,(H2-2,46,47,48,49,50,51,54,55,57)/p+2/t25-,26+,30-,31+/m1/s1. The van der Waals surface area contributed by atoms with Crippen molar-refractivity contribution in [1.82, 2.24) is 30.6 Å². The molecule has 0 fully saturated rings. The first-order valence-corrected chi connectivity index (χ1v) is 20.6. The van der Waals surface area contributed by atoms with Gasteiger partial charge in [0.2, 0.25) is 5.91 Å². The van der Waals surface area contributed by atoms with Crippen molar-refractivity contribution in [2.75, 3.05) is 75.6 Å². The van der Waals surface area contributed by atoms with Crippen molar-refractivity contribution in [2.45, 2.75) is 90.9 Å². The number of amides is 2. The number of aryl methyl sites for hydroxylation is 2. The van der Waals surface area contributed by atoms with E-state index in [2.05, 4.69) is 83.7 Å². The highest BCUT2D eigenvalue weighted by Gasteiger charge is 2.34. The topological polar surface area (TPSA) is 159 Å². The van der Waals surface area contributed by atoms with E-state index in [-0.39, 0.29) is 54.1 Å². The molecule has 0 spiro atoms. The molecule has 58 heavy (non-hydrogen) atoms. The molecule has 4 N–H and O–H groups in total. The Morgan fingerprint density at radius 2 is 1.31 bits per heavy atom. The number of Topliss-reactive ketones (excluding diaryl/α,β-unsaturated/α-hetero) is 1. The lowest BCUT2D eigenvalue weighted by Gasteiger charge is -2.24. The number of ether oxygens (including phenoxy) is 1. The Balaban J connectivity index is 1.87. The molecule has 0 unspecified atom stereocenters. The van der Waals surface area contributed by atoms with E-state index in [4.69, 9.17) is 14.7 Å². The van der Waals surface area contributed by atoms with Crippen molar-refractivity contribution in [1.29, 1.82) is 0 Å². The predicted octanol–water partition coefficient (Wildman–Crippen LogP) is 6.07. The van der Waals surface area contributed by atoms with Gasteiger partial charge >= 0.3 is 5.97 Å². The first-order chi connectivity index (χ1) is 27.1. The molecule has 4 atom stereocenters. The van der Waals surface area contributed by atoms with Crippen molar-refractivity contribution in [3.63, 3.8) is 0 Å². The second kappa shape index (κ2) is 17.5. The Morgan fingerprint density at radius 3 is 1.91 bits per heavy atom. The van der Waals surface area contributed by atoms with Crippen LogP contribution in [-0.4, -0.2) is 128 Å². The molecule has 2 amide bonds. The number of esters is 1. The van der Waals surface area contributed by atoms with Gasteiger partial charge in [-0.3, -0.25) is 29.1 Å². The number of rotatable bonds is 14. The maximum absolute atomic E-state index is 14.4. The minimum Gasteiger partial charge on any atom is -0.469 e. The minimum absolute atomic E-state index is 0.0513. The van der Waals surface area contributed by atoms with E-state index in [9.17, 15) is 19.2 Å². The molecule has 314 valence electrons. The highest BCUT2D eigenvalue weighted by Crippen LogP contribution is 2.43. The van der Waals surface area contributed by atoms with Crippen LogP contribution in [0.3, 0.4) is 0 Å². The molecule has 3 aromatic heterocycles. The van der Waals surface area contributed by atoms with Gasteiger partial charge in [0.15, 0.2) is 5.78 Å². The van der Waals surface area contributed by atoms with Gasteiger partial charge in [-0.05, 0) is 62.9 Å². The molecular weight excluding hydrogens is 733 g/mol. The molecule has 2 aliphatic rings. The highest BCUT2D eigenvalue weighted by atomic mass is 16.5. The zero-order valence-corrected chi connectivity index (χ0v) is 37.0. The fourth-order valence-electron chi connectivity index (χ4n) is 8.35. The lowest BCUT2D eigenvalue weighted by atomic mass is 9.85. The first kappa shape index (κ1) is 44.2. The highest BCUT2D eigenvalue weighted by molar-refractivity contribution is 6.06. The molecule has 13 nitrogen and oxygen atoms in total. The van der Waals surface area contributed by atoms with E-state index in [0.29, 0.717) is 69.5 Å².